The van der Waals surface area contributed by atoms with Crippen molar-refractivity contribution in [3.8, 4) is 0 Å². The van der Waals surface area contributed by atoms with Gasteiger partial charge in [0.2, 0.25) is 5.91 Å². The van der Waals surface area contributed by atoms with Crippen LogP contribution in [-0.4, -0.2) is 5.91 Å². The van der Waals surface area contributed by atoms with Crippen LogP contribution < -0.4 is 4.90 Å². The second-order valence-electron chi connectivity index (χ2n) is 6.20. The van der Waals surface area contributed by atoms with E-state index in [9.17, 15) is 13.6 Å². The Bertz CT molecular complexity index is 806. The Morgan fingerprint density at radius 3 is 2.42 bits per heavy atom. The van der Waals surface area contributed by atoms with Gasteiger partial charge >= 0.3 is 0 Å². The molecule has 0 saturated heterocycles. The number of carbonyl (C=O) groups is 1. The molecule has 0 radical (unpaired) electrons. The third kappa shape index (κ3) is 3.23. The fourth-order valence-electron chi connectivity index (χ4n) is 3.13. The minimum atomic E-state index is -0.582. The highest BCUT2D eigenvalue weighted by Gasteiger charge is 2.23. The second-order valence-corrected chi connectivity index (χ2v) is 6.20. The van der Waals surface area contributed by atoms with Crippen molar-refractivity contribution in [2.24, 2.45) is 0 Å². The van der Waals surface area contributed by atoms with Crippen molar-refractivity contribution in [2.75, 3.05) is 4.90 Å². The molecule has 0 atom stereocenters. The predicted molar refractivity (Wildman–Crippen MR) is 90.8 cm³/mol. The summed E-state index contributed by atoms with van der Waals surface area (Å²) in [7, 11) is 0. The average Bonchev–Trinajstić information content (AvgIpc) is 2.53. The van der Waals surface area contributed by atoms with E-state index in [-0.39, 0.29) is 5.91 Å². The normalized spacial score (nSPS) is 14.8. The SMILES string of the molecule is Cc1cccc(C)c1N1C=C(Cc2ccc(F)cc2F)CCC1=O. The van der Waals surface area contributed by atoms with Gasteiger partial charge in [-0.05, 0) is 55.0 Å². The Morgan fingerprint density at radius 2 is 1.75 bits per heavy atom. The number of halogens is 2. The number of para-hydroxylation sites is 1. The molecule has 0 fully saturated rings. The molecule has 1 heterocycles. The van der Waals surface area contributed by atoms with E-state index < -0.39 is 11.6 Å². The average molecular weight is 327 g/mol. The highest BCUT2D eigenvalue weighted by molar-refractivity contribution is 5.97. The molecule has 24 heavy (non-hydrogen) atoms. The Balaban J connectivity index is 1.94. The van der Waals surface area contributed by atoms with Crippen LogP contribution in [0.3, 0.4) is 0 Å². The maximum Gasteiger partial charge on any atom is 0.231 e. The molecule has 1 aliphatic heterocycles. The van der Waals surface area contributed by atoms with Crippen molar-refractivity contribution in [1.29, 1.82) is 0 Å². The van der Waals surface area contributed by atoms with Gasteiger partial charge < -0.3 is 0 Å². The number of carbonyl (C=O) groups excluding carboxylic acids is 1. The van der Waals surface area contributed by atoms with E-state index in [0.717, 1.165) is 28.5 Å². The molecule has 2 nitrogen and oxygen atoms in total. The number of hydrogen-bond donors (Lipinski definition) is 0. The van der Waals surface area contributed by atoms with Crippen LogP contribution in [0, 0.1) is 25.5 Å². The molecule has 1 amide bonds. The molecule has 2 aromatic carbocycles. The first kappa shape index (κ1) is 16.4. The zero-order valence-electron chi connectivity index (χ0n) is 13.8. The van der Waals surface area contributed by atoms with Crippen molar-refractivity contribution in [2.45, 2.75) is 33.1 Å². The Morgan fingerprint density at radius 1 is 1.04 bits per heavy atom. The maximum atomic E-state index is 13.9. The molecule has 0 bridgehead atoms. The Kier molecular flexibility index (Phi) is 4.47. The van der Waals surface area contributed by atoms with Gasteiger partial charge in [-0.3, -0.25) is 9.69 Å². The molecule has 1 aliphatic rings. The third-order valence-corrected chi connectivity index (χ3v) is 4.35. The van der Waals surface area contributed by atoms with Gasteiger partial charge in [0.05, 0.1) is 5.69 Å². The quantitative estimate of drug-likeness (QED) is 0.790. The van der Waals surface area contributed by atoms with E-state index in [4.69, 9.17) is 0 Å². The van der Waals surface area contributed by atoms with Crippen molar-refractivity contribution in [3.63, 3.8) is 0 Å². The summed E-state index contributed by atoms with van der Waals surface area (Å²) in [6.45, 7) is 3.94. The predicted octanol–water partition coefficient (Wildman–Crippen LogP) is 4.84. The number of benzene rings is 2. The number of aryl methyl sites for hydroxylation is 2. The van der Waals surface area contributed by atoms with Gasteiger partial charge in [-0.25, -0.2) is 8.78 Å². The minimum Gasteiger partial charge on any atom is -0.287 e. The van der Waals surface area contributed by atoms with Crippen LogP contribution in [0.25, 0.3) is 0 Å². The third-order valence-electron chi connectivity index (χ3n) is 4.35. The lowest BCUT2D eigenvalue weighted by Gasteiger charge is -2.28. The van der Waals surface area contributed by atoms with Crippen LogP contribution in [0.2, 0.25) is 0 Å². The minimum absolute atomic E-state index is 0.0377. The smallest absolute Gasteiger partial charge is 0.231 e. The summed E-state index contributed by atoms with van der Waals surface area (Å²) in [5.74, 6) is -1.09. The van der Waals surface area contributed by atoms with E-state index in [2.05, 4.69) is 0 Å². The van der Waals surface area contributed by atoms with E-state index in [1.54, 1.807) is 4.90 Å². The fourth-order valence-corrected chi connectivity index (χ4v) is 3.13. The summed E-state index contributed by atoms with van der Waals surface area (Å²) < 4.78 is 26.9. The molecule has 3 rings (SSSR count). The van der Waals surface area contributed by atoms with Gasteiger partial charge in [0, 0.05) is 18.7 Å². The van der Waals surface area contributed by atoms with E-state index in [1.807, 2.05) is 38.2 Å². The summed E-state index contributed by atoms with van der Waals surface area (Å²) in [4.78, 5) is 14.0. The number of nitrogens with zero attached hydrogens (tertiary/aromatic N) is 1. The van der Waals surface area contributed by atoms with Crippen LogP contribution in [-0.2, 0) is 11.2 Å². The molecule has 0 N–H and O–H groups in total. The summed E-state index contributed by atoms with van der Waals surface area (Å²) >= 11 is 0. The topological polar surface area (TPSA) is 20.3 Å². The summed E-state index contributed by atoms with van der Waals surface area (Å²) in [5.41, 5.74) is 4.34. The molecular formula is C20H19F2NO. The largest absolute Gasteiger partial charge is 0.287 e. The molecule has 0 saturated carbocycles. The zero-order chi connectivity index (χ0) is 17.3. The van der Waals surface area contributed by atoms with Gasteiger partial charge in [0.15, 0.2) is 0 Å². The van der Waals surface area contributed by atoms with Crippen LogP contribution in [0.4, 0.5) is 14.5 Å². The standard InChI is InChI=1S/C20H19F2NO/c1-13-4-3-5-14(2)20(13)23-12-15(6-9-19(23)24)10-16-7-8-17(21)11-18(16)22/h3-5,7-8,11-12H,6,9-10H2,1-2H3. The first-order valence-electron chi connectivity index (χ1n) is 7.97. The molecule has 4 heteroatoms. The van der Waals surface area contributed by atoms with Crippen molar-refractivity contribution in [1.82, 2.24) is 0 Å². The monoisotopic (exact) mass is 327 g/mol. The summed E-state index contributed by atoms with van der Waals surface area (Å²) in [6, 6.07) is 9.52. The Labute approximate surface area is 140 Å². The molecule has 0 spiro atoms. The molecule has 2 aromatic rings. The summed E-state index contributed by atoms with van der Waals surface area (Å²) in [6.07, 6.45) is 3.17. The Hall–Kier alpha value is -2.49. The lowest BCUT2D eigenvalue weighted by atomic mass is 9.97. The highest BCUT2D eigenvalue weighted by atomic mass is 19.1. The first-order chi connectivity index (χ1) is 11.5. The summed E-state index contributed by atoms with van der Waals surface area (Å²) in [5, 5.41) is 0. The number of amides is 1. The molecule has 0 unspecified atom stereocenters. The van der Waals surface area contributed by atoms with Gasteiger partial charge in [0.1, 0.15) is 11.6 Å². The number of hydrogen-bond acceptors (Lipinski definition) is 1. The van der Waals surface area contributed by atoms with Crippen LogP contribution in [0.15, 0.2) is 48.2 Å². The van der Waals surface area contributed by atoms with Gasteiger partial charge in [-0.1, -0.05) is 24.3 Å². The van der Waals surface area contributed by atoms with Gasteiger partial charge in [0.25, 0.3) is 0 Å². The van der Waals surface area contributed by atoms with Crippen molar-refractivity contribution in [3.05, 3.63) is 76.5 Å². The number of allylic oxidation sites excluding steroid dienone is 1. The van der Waals surface area contributed by atoms with Crippen LogP contribution >= 0.6 is 0 Å². The van der Waals surface area contributed by atoms with Gasteiger partial charge in [-0.2, -0.15) is 0 Å². The number of anilines is 1. The van der Waals surface area contributed by atoms with Crippen LogP contribution in [0.5, 0.6) is 0 Å². The second kappa shape index (κ2) is 6.56. The lowest BCUT2D eigenvalue weighted by molar-refractivity contribution is -0.118. The molecule has 124 valence electrons. The lowest BCUT2D eigenvalue weighted by Crippen LogP contribution is -2.30. The molecular weight excluding hydrogens is 308 g/mol. The van der Waals surface area contributed by atoms with E-state index in [0.29, 0.717) is 24.8 Å². The van der Waals surface area contributed by atoms with E-state index >= 15 is 0 Å². The molecule has 0 aliphatic carbocycles. The molecule has 0 aromatic heterocycles. The first-order valence-corrected chi connectivity index (χ1v) is 7.97. The van der Waals surface area contributed by atoms with Crippen LogP contribution in [0.1, 0.15) is 29.5 Å². The maximum absolute atomic E-state index is 13.9. The van der Waals surface area contributed by atoms with Gasteiger partial charge in [-0.15, -0.1) is 0 Å². The number of rotatable bonds is 3. The van der Waals surface area contributed by atoms with E-state index in [1.165, 1.54) is 12.1 Å². The highest BCUT2D eigenvalue weighted by Crippen LogP contribution is 2.30. The van der Waals surface area contributed by atoms with Crippen molar-refractivity contribution < 1.29 is 13.6 Å². The zero-order valence-corrected chi connectivity index (χ0v) is 13.8. The fraction of sp³-hybridized carbons (Fsp3) is 0.250. The van der Waals surface area contributed by atoms with Crippen molar-refractivity contribution >= 4 is 11.6 Å².